The molecule has 0 aromatic carbocycles. The van der Waals surface area contributed by atoms with Crippen LogP contribution in [0.15, 0.2) is 4.99 Å². The molecule has 4 atom stereocenters. The van der Waals surface area contributed by atoms with Gasteiger partial charge in [-0.3, -0.25) is 29.0 Å². The molecule has 16 nitrogen and oxygen atoms in total. The predicted octanol–water partition coefficient (Wildman–Crippen LogP) is -4.20. The van der Waals surface area contributed by atoms with Crippen molar-refractivity contribution in [3.63, 3.8) is 0 Å². The first-order chi connectivity index (χ1) is 17.3. The normalized spacial score (nSPS) is 13.8. The van der Waals surface area contributed by atoms with E-state index < -0.39 is 66.1 Å². The highest BCUT2D eigenvalue weighted by atomic mass is 32.2. The number of hydrogen-bond acceptors (Lipinski definition) is 9. The minimum atomic E-state index is -1.47. The summed E-state index contributed by atoms with van der Waals surface area (Å²) in [6.45, 7) is 0.122. The third kappa shape index (κ3) is 15.2. The number of amides is 5. The van der Waals surface area contributed by atoms with Crippen LogP contribution in [0.5, 0.6) is 0 Å². The minimum Gasteiger partial charge on any atom is -0.480 e. The van der Waals surface area contributed by atoms with Crippen molar-refractivity contribution in [2.45, 2.75) is 62.7 Å². The summed E-state index contributed by atoms with van der Waals surface area (Å²) in [6, 6.07) is -5.20. The number of carbonyl (C=O) groups is 6. The zero-order chi connectivity index (χ0) is 28.5. The Balaban J connectivity index is 5.53. The number of rotatable bonds is 19. The Hall–Kier alpha value is -3.60. The number of carboxylic acid groups (broad SMARTS) is 1. The summed E-state index contributed by atoms with van der Waals surface area (Å²) in [5, 5.41) is 16.4. The molecule has 14 N–H and O–H groups in total. The second kappa shape index (κ2) is 17.8. The van der Waals surface area contributed by atoms with Crippen LogP contribution in [0.3, 0.4) is 0 Å². The Kier molecular flexibility index (Phi) is 16.0. The number of nitrogens with zero attached hydrogens (tertiary/aromatic N) is 1. The van der Waals surface area contributed by atoms with E-state index in [0.717, 1.165) is 0 Å². The summed E-state index contributed by atoms with van der Waals surface area (Å²) in [6.07, 6.45) is 1.11. The fourth-order valence-electron chi connectivity index (χ4n) is 2.93. The molecule has 0 aliphatic rings. The van der Waals surface area contributed by atoms with Crippen LogP contribution in [0.4, 0.5) is 0 Å². The number of hydrogen-bond donors (Lipinski definition) is 9. The number of aliphatic carboxylic acids is 1. The Morgan fingerprint density at radius 3 is 1.89 bits per heavy atom. The van der Waals surface area contributed by atoms with Gasteiger partial charge in [0.1, 0.15) is 18.1 Å². The molecule has 0 spiro atoms. The fraction of sp³-hybridized carbons (Fsp3) is 0.650. The molecule has 0 fully saturated rings. The molecule has 0 saturated heterocycles. The van der Waals surface area contributed by atoms with Crippen LogP contribution >= 0.6 is 11.8 Å². The summed E-state index contributed by atoms with van der Waals surface area (Å²) in [4.78, 5) is 76.1. The lowest BCUT2D eigenvalue weighted by Gasteiger charge is -2.24. The molecule has 0 bridgehead atoms. The van der Waals surface area contributed by atoms with Crippen molar-refractivity contribution < 1.29 is 33.9 Å². The van der Waals surface area contributed by atoms with Gasteiger partial charge in [-0.15, -0.1) is 0 Å². The lowest BCUT2D eigenvalue weighted by molar-refractivity contribution is -0.142. The lowest BCUT2D eigenvalue weighted by atomic mass is 10.1. The van der Waals surface area contributed by atoms with Gasteiger partial charge in [0.25, 0.3) is 0 Å². The quantitative estimate of drug-likeness (QED) is 0.0424. The minimum absolute atomic E-state index is 0.0391. The predicted molar refractivity (Wildman–Crippen MR) is 137 cm³/mol. The third-order valence-corrected chi connectivity index (χ3v) is 5.52. The van der Waals surface area contributed by atoms with Crippen molar-refractivity contribution in [3.8, 4) is 0 Å². The van der Waals surface area contributed by atoms with Crippen molar-refractivity contribution >= 4 is 53.2 Å². The highest BCUT2D eigenvalue weighted by Crippen LogP contribution is 2.05. The number of aliphatic imine (C=N–C) groups is 1. The molecule has 4 unspecified atom stereocenters. The fourth-order valence-corrected chi connectivity index (χ4v) is 3.42. The van der Waals surface area contributed by atoms with Gasteiger partial charge in [-0.1, -0.05) is 0 Å². The van der Waals surface area contributed by atoms with Crippen LogP contribution in [0.1, 0.15) is 38.5 Å². The second-order valence-corrected chi connectivity index (χ2v) is 9.02. The summed E-state index contributed by atoms with van der Waals surface area (Å²) < 4.78 is 0. The van der Waals surface area contributed by atoms with Crippen LogP contribution < -0.4 is 44.6 Å². The Morgan fingerprint density at radius 1 is 0.811 bits per heavy atom. The van der Waals surface area contributed by atoms with E-state index in [-0.39, 0.29) is 38.2 Å². The first-order valence-electron chi connectivity index (χ1n) is 11.3. The van der Waals surface area contributed by atoms with Gasteiger partial charge in [0.15, 0.2) is 5.96 Å². The molecule has 0 aliphatic carbocycles. The van der Waals surface area contributed by atoms with Crippen LogP contribution in [-0.4, -0.2) is 89.3 Å². The van der Waals surface area contributed by atoms with Crippen molar-refractivity contribution in [1.82, 2.24) is 16.0 Å². The smallest absolute Gasteiger partial charge is 0.326 e. The number of carboxylic acids is 1. The van der Waals surface area contributed by atoms with Crippen molar-refractivity contribution in [3.05, 3.63) is 0 Å². The first kappa shape index (κ1) is 33.4. The van der Waals surface area contributed by atoms with Crippen molar-refractivity contribution in [2.24, 2.45) is 33.7 Å². The number of primary amides is 2. The van der Waals surface area contributed by atoms with Crippen LogP contribution in [0.25, 0.3) is 0 Å². The molecule has 0 radical (unpaired) electrons. The molecule has 0 saturated carbocycles. The summed E-state index contributed by atoms with van der Waals surface area (Å²) in [7, 11) is 0. The maximum atomic E-state index is 12.9. The van der Waals surface area contributed by atoms with E-state index in [4.69, 9.17) is 28.7 Å². The van der Waals surface area contributed by atoms with Gasteiger partial charge in [0.05, 0.1) is 12.5 Å². The maximum Gasteiger partial charge on any atom is 0.326 e. The van der Waals surface area contributed by atoms with Gasteiger partial charge < -0.3 is 49.7 Å². The van der Waals surface area contributed by atoms with Crippen molar-refractivity contribution in [1.29, 1.82) is 0 Å². The molecule has 5 amide bonds. The van der Waals surface area contributed by atoms with E-state index in [9.17, 15) is 33.9 Å². The Bertz CT molecular complexity index is 852. The van der Waals surface area contributed by atoms with Gasteiger partial charge >= 0.3 is 5.97 Å². The highest BCUT2D eigenvalue weighted by Gasteiger charge is 2.31. The van der Waals surface area contributed by atoms with Crippen molar-refractivity contribution in [2.75, 3.05) is 18.6 Å². The SMILES string of the molecule is CSCCC(N)C(=O)NC(CC(N)=O)C(=O)NC(CCC(N)=O)C(=O)NC(CCCN=C(N)N)C(=O)O. The zero-order valence-corrected chi connectivity index (χ0v) is 21.4. The van der Waals surface area contributed by atoms with E-state index in [1.807, 2.05) is 6.26 Å². The van der Waals surface area contributed by atoms with Gasteiger partial charge in [-0.05, 0) is 37.7 Å². The highest BCUT2D eigenvalue weighted by molar-refractivity contribution is 7.98. The molecule has 0 aliphatic heterocycles. The maximum absolute atomic E-state index is 12.9. The second-order valence-electron chi connectivity index (χ2n) is 8.03. The molecule has 0 aromatic heterocycles. The molecule has 0 heterocycles. The molecule has 17 heteroatoms. The number of guanidine groups is 1. The summed E-state index contributed by atoms with van der Waals surface area (Å²) in [5.74, 6) is -5.24. The van der Waals surface area contributed by atoms with E-state index in [1.165, 1.54) is 11.8 Å². The molecular weight excluding hydrogens is 510 g/mol. The molecule has 37 heavy (non-hydrogen) atoms. The average molecular weight is 548 g/mol. The average Bonchev–Trinajstić information content (AvgIpc) is 2.80. The van der Waals surface area contributed by atoms with Gasteiger partial charge in [-0.25, -0.2) is 4.79 Å². The van der Waals surface area contributed by atoms with Crippen LogP contribution in [0.2, 0.25) is 0 Å². The topological polar surface area (TPSA) is 301 Å². The molecule has 210 valence electrons. The van der Waals surface area contributed by atoms with E-state index in [1.54, 1.807) is 0 Å². The number of nitrogens with one attached hydrogen (secondary N) is 3. The van der Waals surface area contributed by atoms with E-state index in [2.05, 4.69) is 20.9 Å². The third-order valence-electron chi connectivity index (χ3n) is 4.88. The lowest BCUT2D eigenvalue weighted by Crippen LogP contribution is -2.57. The van der Waals surface area contributed by atoms with Crippen LogP contribution in [-0.2, 0) is 28.8 Å². The molecule has 0 aromatic rings. The zero-order valence-electron chi connectivity index (χ0n) is 20.6. The Labute approximate surface area is 218 Å². The number of nitrogens with two attached hydrogens (primary N) is 5. The Morgan fingerprint density at radius 2 is 1.38 bits per heavy atom. The molecule has 0 rings (SSSR count). The summed E-state index contributed by atoms with van der Waals surface area (Å²) in [5.41, 5.74) is 26.6. The van der Waals surface area contributed by atoms with Crippen LogP contribution in [0, 0.1) is 0 Å². The largest absolute Gasteiger partial charge is 0.480 e. The summed E-state index contributed by atoms with van der Waals surface area (Å²) >= 11 is 1.46. The van der Waals surface area contributed by atoms with E-state index in [0.29, 0.717) is 12.2 Å². The van der Waals surface area contributed by atoms with Gasteiger partial charge in [0, 0.05) is 13.0 Å². The standard InChI is InChI=1S/C20H37N9O7S/c1-37-8-6-10(21)16(32)29-13(9-15(23)31)18(34)27-11(4-5-14(22)30)17(33)28-12(19(35)36)3-2-7-26-20(24)25/h10-13H,2-9,21H2,1H3,(H2,22,30)(H2,23,31)(H,27,34)(H,28,33)(H,29,32)(H,35,36)(H4,24,25,26). The first-order valence-corrected chi connectivity index (χ1v) is 12.7. The molecular formula is C20H37N9O7S. The van der Waals surface area contributed by atoms with E-state index >= 15 is 0 Å². The van der Waals surface area contributed by atoms with Gasteiger partial charge in [0.2, 0.25) is 29.5 Å². The monoisotopic (exact) mass is 547 g/mol. The number of carbonyl (C=O) groups excluding carboxylic acids is 5. The number of thioether (sulfide) groups is 1. The van der Waals surface area contributed by atoms with Gasteiger partial charge in [-0.2, -0.15) is 11.8 Å².